The molecule has 1 aliphatic carbocycles. The van der Waals surface area contributed by atoms with E-state index in [2.05, 4.69) is 12.2 Å². The molecule has 2 rings (SSSR count). The summed E-state index contributed by atoms with van der Waals surface area (Å²) in [5.74, 6) is 0.473. The topological polar surface area (TPSA) is 38.3 Å². The van der Waals surface area contributed by atoms with E-state index in [0.717, 1.165) is 30.5 Å². The Kier molecular flexibility index (Phi) is 4.24. The highest BCUT2D eigenvalue weighted by molar-refractivity contribution is 5.85. The molecule has 1 N–H and O–H groups in total. The first-order valence-electron chi connectivity index (χ1n) is 6.70. The highest BCUT2D eigenvalue weighted by Crippen LogP contribution is 2.26. The zero-order valence-electron chi connectivity index (χ0n) is 11.1. The molecular formula is C15H21NO2. The van der Waals surface area contributed by atoms with Crippen LogP contribution in [0.15, 0.2) is 24.3 Å². The maximum Gasteiger partial charge on any atom is 0.411 e. The predicted octanol–water partition coefficient (Wildman–Crippen LogP) is 4.12. The Bertz CT molecular complexity index is 417. The minimum Gasteiger partial charge on any atom is -0.446 e. The van der Waals surface area contributed by atoms with Crippen LogP contribution in [0.3, 0.4) is 0 Å². The van der Waals surface area contributed by atoms with Crippen LogP contribution in [-0.4, -0.2) is 12.2 Å². The molecule has 0 spiro atoms. The Labute approximate surface area is 109 Å². The lowest BCUT2D eigenvalue weighted by Crippen LogP contribution is -2.30. The second kappa shape index (κ2) is 5.89. The third-order valence-corrected chi connectivity index (χ3v) is 3.67. The number of carbonyl (C=O) groups excluding carboxylic acids is 1. The van der Waals surface area contributed by atoms with Crippen molar-refractivity contribution < 1.29 is 9.53 Å². The van der Waals surface area contributed by atoms with Crippen molar-refractivity contribution in [1.29, 1.82) is 0 Å². The normalized spacial score (nSPS) is 23.4. The molecule has 1 aromatic carbocycles. The van der Waals surface area contributed by atoms with Crippen molar-refractivity contribution in [3.05, 3.63) is 29.8 Å². The standard InChI is InChI=1S/C15H21NO2/c1-11-7-3-5-9-13(11)16-15(17)18-14-10-6-4-8-12(14)2/h3,5,7,9,12,14H,4,6,8,10H2,1-2H3,(H,16,17)/t12-,14-/m0/s1. The number of nitrogens with one attached hydrogen (secondary N) is 1. The quantitative estimate of drug-likeness (QED) is 0.853. The number of amides is 1. The first-order chi connectivity index (χ1) is 8.66. The van der Waals surface area contributed by atoms with E-state index >= 15 is 0 Å². The second-order valence-electron chi connectivity index (χ2n) is 5.15. The number of para-hydroxylation sites is 1. The van der Waals surface area contributed by atoms with Crippen LogP contribution in [0, 0.1) is 12.8 Å². The molecule has 1 aromatic rings. The van der Waals surface area contributed by atoms with Crippen molar-refractivity contribution in [3.8, 4) is 0 Å². The first kappa shape index (κ1) is 12.9. The average Bonchev–Trinajstić information content (AvgIpc) is 2.35. The molecule has 1 amide bonds. The number of rotatable bonds is 2. The third-order valence-electron chi connectivity index (χ3n) is 3.67. The third kappa shape index (κ3) is 3.25. The average molecular weight is 247 g/mol. The van der Waals surface area contributed by atoms with Gasteiger partial charge in [-0.05, 0) is 43.7 Å². The van der Waals surface area contributed by atoms with Gasteiger partial charge >= 0.3 is 6.09 Å². The maximum absolute atomic E-state index is 11.8. The molecule has 0 saturated heterocycles. The Morgan fingerprint density at radius 1 is 1.28 bits per heavy atom. The van der Waals surface area contributed by atoms with Gasteiger partial charge in [-0.1, -0.05) is 31.5 Å². The van der Waals surface area contributed by atoms with Gasteiger partial charge in [0.1, 0.15) is 6.10 Å². The number of carbonyl (C=O) groups is 1. The van der Waals surface area contributed by atoms with Crippen LogP contribution in [0.4, 0.5) is 10.5 Å². The molecule has 0 aliphatic heterocycles. The van der Waals surface area contributed by atoms with Gasteiger partial charge in [0, 0.05) is 5.69 Å². The SMILES string of the molecule is Cc1ccccc1NC(=O)O[C@H]1CCCC[C@@H]1C. The van der Waals surface area contributed by atoms with Gasteiger partial charge in [-0.15, -0.1) is 0 Å². The lowest BCUT2D eigenvalue weighted by Gasteiger charge is -2.28. The molecule has 1 saturated carbocycles. The van der Waals surface area contributed by atoms with E-state index in [4.69, 9.17) is 4.74 Å². The van der Waals surface area contributed by atoms with Crippen LogP contribution >= 0.6 is 0 Å². The van der Waals surface area contributed by atoms with Crippen LogP contribution in [0.25, 0.3) is 0 Å². The van der Waals surface area contributed by atoms with E-state index in [1.165, 1.54) is 6.42 Å². The smallest absolute Gasteiger partial charge is 0.411 e. The Morgan fingerprint density at radius 2 is 2.00 bits per heavy atom. The molecule has 0 radical (unpaired) electrons. The van der Waals surface area contributed by atoms with E-state index in [1.54, 1.807) is 0 Å². The number of hydrogen-bond acceptors (Lipinski definition) is 2. The molecule has 3 heteroatoms. The fourth-order valence-electron chi connectivity index (χ4n) is 2.45. The highest BCUT2D eigenvalue weighted by Gasteiger charge is 2.24. The fraction of sp³-hybridized carbons (Fsp3) is 0.533. The number of aryl methyl sites for hydroxylation is 1. The number of hydrogen-bond donors (Lipinski definition) is 1. The summed E-state index contributed by atoms with van der Waals surface area (Å²) >= 11 is 0. The van der Waals surface area contributed by atoms with Crippen LogP contribution in [0.1, 0.15) is 38.2 Å². The van der Waals surface area contributed by atoms with Gasteiger partial charge in [0.15, 0.2) is 0 Å². The fourth-order valence-corrected chi connectivity index (χ4v) is 2.45. The lowest BCUT2D eigenvalue weighted by molar-refractivity contribution is 0.0524. The Morgan fingerprint density at radius 3 is 2.72 bits per heavy atom. The van der Waals surface area contributed by atoms with Gasteiger partial charge in [-0.3, -0.25) is 5.32 Å². The molecule has 0 heterocycles. The summed E-state index contributed by atoms with van der Waals surface area (Å²) in [6.07, 6.45) is 4.29. The van der Waals surface area contributed by atoms with Crippen LogP contribution < -0.4 is 5.32 Å². The minimum absolute atomic E-state index is 0.0720. The summed E-state index contributed by atoms with van der Waals surface area (Å²) in [5.41, 5.74) is 1.87. The first-order valence-corrected chi connectivity index (χ1v) is 6.70. The van der Waals surface area contributed by atoms with E-state index in [1.807, 2.05) is 31.2 Å². The predicted molar refractivity (Wildman–Crippen MR) is 72.7 cm³/mol. The van der Waals surface area contributed by atoms with Gasteiger partial charge in [0.05, 0.1) is 0 Å². The molecular weight excluding hydrogens is 226 g/mol. The summed E-state index contributed by atoms with van der Waals surface area (Å²) in [6, 6.07) is 7.72. The van der Waals surface area contributed by atoms with Gasteiger partial charge in [0.25, 0.3) is 0 Å². The lowest BCUT2D eigenvalue weighted by atomic mass is 9.88. The summed E-state index contributed by atoms with van der Waals surface area (Å²) in [6.45, 7) is 4.13. The van der Waals surface area contributed by atoms with E-state index < -0.39 is 0 Å². The van der Waals surface area contributed by atoms with Crippen molar-refractivity contribution in [1.82, 2.24) is 0 Å². The summed E-state index contributed by atoms with van der Waals surface area (Å²) in [5, 5.41) is 2.82. The molecule has 18 heavy (non-hydrogen) atoms. The molecule has 0 unspecified atom stereocenters. The zero-order valence-corrected chi connectivity index (χ0v) is 11.1. The molecule has 0 aromatic heterocycles. The summed E-state index contributed by atoms with van der Waals surface area (Å²) < 4.78 is 5.51. The van der Waals surface area contributed by atoms with E-state index in [0.29, 0.717) is 5.92 Å². The van der Waals surface area contributed by atoms with Crippen LogP contribution in [0.5, 0.6) is 0 Å². The maximum atomic E-state index is 11.8. The second-order valence-corrected chi connectivity index (χ2v) is 5.15. The van der Waals surface area contributed by atoms with Crippen molar-refractivity contribution in [2.24, 2.45) is 5.92 Å². The summed E-state index contributed by atoms with van der Waals surface area (Å²) in [4.78, 5) is 11.8. The van der Waals surface area contributed by atoms with Crippen molar-refractivity contribution >= 4 is 11.8 Å². The molecule has 2 atom stereocenters. The monoisotopic (exact) mass is 247 g/mol. The molecule has 1 aliphatic rings. The van der Waals surface area contributed by atoms with Crippen molar-refractivity contribution in [2.45, 2.75) is 45.6 Å². The van der Waals surface area contributed by atoms with Gasteiger partial charge in [-0.25, -0.2) is 4.79 Å². The van der Waals surface area contributed by atoms with E-state index in [-0.39, 0.29) is 12.2 Å². The summed E-state index contributed by atoms with van der Waals surface area (Å²) in [7, 11) is 0. The molecule has 98 valence electrons. The number of benzene rings is 1. The molecule has 3 nitrogen and oxygen atoms in total. The van der Waals surface area contributed by atoms with Gasteiger partial charge in [0.2, 0.25) is 0 Å². The minimum atomic E-state index is -0.331. The van der Waals surface area contributed by atoms with Crippen LogP contribution in [-0.2, 0) is 4.74 Å². The molecule has 0 bridgehead atoms. The van der Waals surface area contributed by atoms with Crippen LogP contribution in [0.2, 0.25) is 0 Å². The Balaban J connectivity index is 1.90. The number of anilines is 1. The Hall–Kier alpha value is -1.51. The van der Waals surface area contributed by atoms with Crippen molar-refractivity contribution in [3.63, 3.8) is 0 Å². The highest BCUT2D eigenvalue weighted by atomic mass is 16.6. The van der Waals surface area contributed by atoms with E-state index in [9.17, 15) is 4.79 Å². The number of ether oxygens (including phenoxy) is 1. The van der Waals surface area contributed by atoms with Gasteiger partial charge < -0.3 is 4.74 Å². The largest absolute Gasteiger partial charge is 0.446 e. The zero-order chi connectivity index (χ0) is 13.0. The van der Waals surface area contributed by atoms with Gasteiger partial charge in [-0.2, -0.15) is 0 Å². The molecule has 1 fully saturated rings. The van der Waals surface area contributed by atoms with Crippen molar-refractivity contribution in [2.75, 3.05) is 5.32 Å².